The average Bonchev–Trinajstić information content (AvgIpc) is 2.20. The van der Waals surface area contributed by atoms with Crippen molar-refractivity contribution in [3.63, 3.8) is 0 Å². The van der Waals surface area contributed by atoms with Crippen LogP contribution in [0.3, 0.4) is 0 Å². The van der Waals surface area contributed by atoms with E-state index in [-0.39, 0.29) is 15.8 Å². The van der Waals surface area contributed by atoms with Crippen LogP contribution in [-0.4, -0.2) is 26.0 Å². The van der Waals surface area contributed by atoms with Gasteiger partial charge in [0.2, 0.25) is 0 Å². The van der Waals surface area contributed by atoms with Crippen LogP contribution in [-0.2, 0) is 0 Å². The Kier molecular flexibility index (Phi) is 9.01. The van der Waals surface area contributed by atoms with Crippen molar-refractivity contribution >= 4 is 15.8 Å². The fourth-order valence-corrected chi connectivity index (χ4v) is 18.3. The second-order valence-corrected chi connectivity index (χ2v) is 19.9. The van der Waals surface area contributed by atoms with Crippen LogP contribution in [0.5, 0.6) is 0 Å². The molecule has 2 heteroatoms. The van der Waals surface area contributed by atoms with Gasteiger partial charge in [0, 0.05) is 5.40 Å². The molecule has 0 rings (SSSR count). The average molecular weight is 375 g/mol. The Morgan fingerprint density at radius 3 is 1.04 bits per heavy atom. The van der Waals surface area contributed by atoms with Gasteiger partial charge in [-0.3, -0.25) is 0 Å². The molecule has 146 valence electrons. The molecule has 0 unspecified atom stereocenters. The fraction of sp³-hybridized carbons (Fsp3) is 1.00. The molecule has 0 amide bonds. The molecule has 0 aliphatic carbocycles. The minimum absolute atomic E-state index is 0.0619. The van der Waals surface area contributed by atoms with Crippen molar-refractivity contribution < 1.29 is 0 Å². The third kappa shape index (κ3) is 7.62. The number of unbranched alkanes of at least 4 members (excludes halogenated alkanes) is 2. The van der Waals surface area contributed by atoms with Gasteiger partial charge in [0.1, 0.15) is 0 Å². The molecule has 0 radical (unpaired) electrons. The first-order valence-electron chi connectivity index (χ1n) is 10.0. The van der Waals surface area contributed by atoms with Crippen LogP contribution in [0.2, 0.25) is 0 Å². The lowest BCUT2D eigenvalue weighted by atomic mass is 10.2. The monoisotopic (exact) mass is 374 g/mol. The normalized spacial score (nSPS) is 15.0. The highest BCUT2D eigenvalue weighted by atomic mass is 31.2. The van der Waals surface area contributed by atoms with Crippen molar-refractivity contribution in [2.75, 3.05) is 0 Å². The van der Waals surface area contributed by atoms with Crippen LogP contribution in [0.15, 0.2) is 0 Å². The summed E-state index contributed by atoms with van der Waals surface area (Å²) in [6, 6.07) is 0. The van der Waals surface area contributed by atoms with E-state index in [0.717, 1.165) is 5.40 Å². The zero-order valence-electron chi connectivity index (χ0n) is 19.3. The van der Waals surface area contributed by atoms with Crippen molar-refractivity contribution in [1.29, 1.82) is 0 Å². The van der Waals surface area contributed by atoms with E-state index in [1.165, 1.54) is 25.7 Å². The van der Waals surface area contributed by atoms with Gasteiger partial charge < -0.3 is 0 Å². The standard InChI is InChI=1S/C22H48P2/c1-14-15-16-17-18(23(19(2,3)4)20(5,6)7)24(21(8,9)10)22(11,12)13/h18H,14-17H2,1-13H3. The summed E-state index contributed by atoms with van der Waals surface area (Å²) in [5, 5.41) is 2.58. The zero-order chi connectivity index (χ0) is 19.6. The van der Waals surface area contributed by atoms with E-state index >= 15 is 0 Å². The highest BCUT2D eigenvalue weighted by Gasteiger charge is 2.48. The molecule has 0 spiro atoms. The van der Waals surface area contributed by atoms with Crippen LogP contribution >= 0.6 is 15.8 Å². The van der Waals surface area contributed by atoms with Gasteiger partial charge in [-0.25, -0.2) is 0 Å². The summed E-state index contributed by atoms with van der Waals surface area (Å²) in [5.41, 5.74) is 0. The van der Waals surface area contributed by atoms with Crippen molar-refractivity contribution in [2.24, 2.45) is 0 Å². The summed E-state index contributed by atoms with van der Waals surface area (Å²) in [6.45, 7) is 32.4. The maximum atomic E-state index is 2.51. The zero-order valence-corrected chi connectivity index (χ0v) is 21.1. The lowest BCUT2D eigenvalue weighted by molar-refractivity contribution is 0.637. The predicted molar refractivity (Wildman–Crippen MR) is 121 cm³/mol. The molecule has 0 aliphatic heterocycles. The summed E-state index contributed by atoms with van der Waals surface area (Å²) in [6.07, 6.45) is 5.58. The molecule has 0 N–H and O–H groups in total. The molecule has 0 heterocycles. The molecule has 0 aliphatic rings. The number of hydrogen-bond acceptors (Lipinski definition) is 0. The SMILES string of the molecule is CCCCCC(P(C(C)(C)C)C(C)(C)C)P(C(C)(C)C)C(C)(C)C. The summed E-state index contributed by atoms with van der Waals surface area (Å²) in [4.78, 5) is 0. The quantitative estimate of drug-likeness (QED) is 0.321. The second kappa shape index (κ2) is 8.70. The number of hydrogen-bond donors (Lipinski definition) is 0. The van der Waals surface area contributed by atoms with E-state index in [2.05, 4.69) is 90.0 Å². The second-order valence-electron chi connectivity index (χ2n) is 11.4. The first kappa shape index (κ1) is 24.9. The molecule has 0 aromatic carbocycles. The Balaban J connectivity index is 6.12. The smallest absolute Gasteiger partial charge is 0.00129 e. The summed E-state index contributed by atoms with van der Waals surface area (Å²) < 4.78 is 0. The first-order chi connectivity index (χ1) is 10.4. The van der Waals surface area contributed by atoms with Crippen LogP contribution in [0.25, 0.3) is 0 Å². The van der Waals surface area contributed by atoms with Crippen LogP contribution in [0.4, 0.5) is 0 Å². The van der Waals surface area contributed by atoms with E-state index in [1.807, 2.05) is 0 Å². The van der Waals surface area contributed by atoms with Crippen molar-refractivity contribution in [3.05, 3.63) is 0 Å². The van der Waals surface area contributed by atoms with Crippen LogP contribution in [0.1, 0.15) is 116 Å². The van der Waals surface area contributed by atoms with E-state index < -0.39 is 0 Å². The van der Waals surface area contributed by atoms with E-state index in [9.17, 15) is 0 Å². The maximum absolute atomic E-state index is 2.51. The lowest BCUT2D eigenvalue weighted by Crippen LogP contribution is -2.37. The molecule has 0 saturated heterocycles. The highest BCUT2D eigenvalue weighted by molar-refractivity contribution is 7.78. The minimum atomic E-state index is -0.0619. The van der Waals surface area contributed by atoms with Gasteiger partial charge in [-0.2, -0.15) is 0 Å². The molecule has 0 bridgehead atoms. The van der Waals surface area contributed by atoms with Crippen molar-refractivity contribution in [1.82, 2.24) is 0 Å². The Morgan fingerprint density at radius 1 is 0.542 bits per heavy atom. The molecule has 0 nitrogen and oxygen atoms in total. The van der Waals surface area contributed by atoms with Gasteiger partial charge in [0.15, 0.2) is 0 Å². The third-order valence-corrected chi connectivity index (χ3v) is 13.4. The lowest BCUT2D eigenvalue weighted by Gasteiger charge is -2.55. The molecular formula is C22H48P2. The number of rotatable bonds is 6. The molecular weight excluding hydrogens is 326 g/mol. The van der Waals surface area contributed by atoms with Crippen LogP contribution < -0.4 is 0 Å². The van der Waals surface area contributed by atoms with E-state index in [4.69, 9.17) is 0 Å². The predicted octanol–water partition coefficient (Wildman–Crippen LogP) is 9.05. The molecule has 0 fully saturated rings. The van der Waals surface area contributed by atoms with Crippen molar-refractivity contribution in [3.8, 4) is 0 Å². The summed E-state index contributed by atoms with van der Waals surface area (Å²) >= 11 is 0. The molecule has 0 atom stereocenters. The minimum Gasteiger partial charge on any atom is -0.0880 e. The van der Waals surface area contributed by atoms with Crippen LogP contribution in [0, 0.1) is 0 Å². The largest absolute Gasteiger partial charge is 0.0880 e. The van der Waals surface area contributed by atoms with Gasteiger partial charge in [-0.05, 0) is 27.0 Å². The Bertz CT molecular complexity index is 297. The Hall–Kier alpha value is 0.860. The topological polar surface area (TPSA) is 0 Å². The Morgan fingerprint density at radius 2 is 0.833 bits per heavy atom. The Labute approximate surface area is 157 Å². The fourth-order valence-electron chi connectivity index (χ4n) is 4.75. The van der Waals surface area contributed by atoms with Gasteiger partial charge in [-0.15, -0.1) is 0 Å². The first-order valence-corrected chi connectivity index (χ1v) is 12.8. The van der Waals surface area contributed by atoms with Gasteiger partial charge >= 0.3 is 0 Å². The summed E-state index contributed by atoms with van der Waals surface area (Å²) in [7, 11) is -0.124. The molecule has 0 aromatic rings. The summed E-state index contributed by atoms with van der Waals surface area (Å²) in [5.74, 6) is 0. The molecule has 0 saturated carbocycles. The van der Waals surface area contributed by atoms with Crippen molar-refractivity contribution in [2.45, 2.75) is 142 Å². The maximum Gasteiger partial charge on any atom is 0.00129 e. The highest BCUT2D eigenvalue weighted by Crippen LogP contribution is 2.77. The van der Waals surface area contributed by atoms with Gasteiger partial charge in [0.25, 0.3) is 0 Å². The van der Waals surface area contributed by atoms with E-state index in [1.54, 1.807) is 0 Å². The van der Waals surface area contributed by atoms with Gasteiger partial charge in [-0.1, -0.05) is 125 Å². The molecule has 0 aromatic heterocycles. The van der Waals surface area contributed by atoms with Gasteiger partial charge in [0.05, 0.1) is 0 Å². The molecule has 24 heavy (non-hydrogen) atoms. The third-order valence-electron chi connectivity index (χ3n) is 4.55. The van der Waals surface area contributed by atoms with E-state index in [0.29, 0.717) is 20.6 Å².